The van der Waals surface area contributed by atoms with E-state index in [9.17, 15) is 4.79 Å². The Morgan fingerprint density at radius 2 is 2.50 bits per heavy atom. The van der Waals surface area contributed by atoms with Gasteiger partial charge in [-0.05, 0) is 30.1 Å². The molecular weight excluding hydrogens is 172 g/mol. The Morgan fingerprint density at radius 1 is 1.75 bits per heavy atom. The van der Waals surface area contributed by atoms with Crippen molar-refractivity contribution < 1.29 is 9.90 Å². The van der Waals surface area contributed by atoms with Crippen LogP contribution in [0.3, 0.4) is 0 Å². The smallest absolute Gasteiger partial charge is 0.307 e. The summed E-state index contributed by atoms with van der Waals surface area (Å²) in [6.45, 7) is 2.05. The topological polar surface area (TPSA) is 37.3 Å². The number of carbonyl (C=O) groups is 1. The summed E-state index contributed by atoms with van der Waals surface area (Å²) in [6.07, 6.45) is 4.19. The van der Waals surface area contributed by atoms with E-state index >= 15 is 0 Å². The molecule has 0 unspecified atom stereocenters. The first-order valence-corrected chi connectivity index (χ1v) is 4.79. The zero-order valence-corrected chi connectivity index (χ0v) is 7.86. The van der Waals surface area contributed by atoms with Gasteiger partial charge in [-0.3, -0.25) is 4.79 Å². The van der Waals surface area contributed by atoms with Crippen molar-refractivity contribution in [1.82, 2.24) is 0 Å². The van der Waals surface area contributed by atoms with Gasteiger partial charge in [0.2, 0.25) is 0 Å². The molecule has 0 saturated heterocycles. The molecule has 1 aliphatic heterocycles. The fourth-order valence-corrected chi connectivity index (χ4v) is 1.84. The SMILES string of the molecule is CC1=CCCC(CC(=O)O)=CS1. The van der Waals surface area contributed by atoms with Gasteiger partial charge < -0.3 is 5.11 Å². The monoisotopic (exact) mass is 184 g/mol. The summed E-state index contributed by atoms with van der Waals surface area (Å²) in [7, 11) is 0. The van der Waals surface area contributed by atoms with Crippen LogP contribution in [0.25, 0.3) is 0 Å². The van der Waals surface area contributed by atoms with Crippen LogP contribution in [0.5, 0.6) is 0 Å². The normalized spacial score (nSPS) is 17.8. The molecule has 0 atom stereocenters. The maximum absolute atomic E-state index is 10.4. The number of carboxylic acid groups (broad SMARTS) is 1. The lowest BCUT2D eigenvalue weighted by Crippen LogP contribution is -1.96. The van der Waals surface area contributed by atoms with Crippen LogP contribution < -0.4 is 0 Å². The average Bonchev–Trinajstić information content (AvgIpc) is 2.15. The molecule has 1 N–H and O–H groups in total. The van der Waals surface area contributed by atoms with Gasteiger partial charge in [0.1, 0.15) is 0 Å². The molecule has 66 valence electrons. The molecule has 0 bridgehead atoms. The molecule has 1 rings (SSSR count). The number of allylic oxidation sites excluding steroid dienone is 2. The van der Waals surface area contributed by atoms with Crippen molar-refractivity contribution in [3.8, 4) is 0 Å². The van der Waals surface area contributed by atoms with Crippen molar-refractivity contribution in [1.29, 1.82) is 0 Å². The van der Waals surface area contributed by atoms with E-state index in [-0.39, 0.29) is 6.42 Å². The van der Waals surface area contributed by atoms with Crippen LogP contribution in [-0.2, 0) is 4.79 Å². The minimum Gasteiger partial charge on any atom is -0.481 e. The predicted octanol–water partition coefficient (Wildman–Crippen LogP) is 2.78. The molecule has 0 aromatic carbocycles. The minimum absolute atomic E-state index is 0.189. The fourth-order valence-electron chi connectivity index (χ4n) is 1.07. The number of thioether (sulfide) groups is 1. The summed E-state index contributed by atoms with van der Waals surface area (Å²) >= 11 is 1.62. The van der Waals surface area contributed by atoms with E-state index in [1.54, 1.807) is 11.8 Å². The third kappa shape index (κ3) is 3.13. The standard InChI is InChI=1S/C9H12O2S/c1-7-3-2-4-8(6-12-7)5-9(10)11/h3,6H,2,4-5H2,1H3,(H,10,11). The van der Waals surface area contributed by atoms with Crippen LogP contribution in [0.1, 0.15) is 26.2 Å². The van der Waals surface area contributed by atoms with Crippen LogP contribution >= 0.6 is 11.8 Å². The van der Waals surface area contributed by atoms with Crippen LogP contribution in [0.15, 0.2) is 22.0 Å². The Hall–Kier alpha value is -0.700. The van der Waals surface area contributed by atoms with Gasteiger partial charge in [-0.25, -0.2) is 0 Å². The fraction of sp³-hybridized carbons (Fsp3) is 0.444. The van der Waals surface area contributed by atoms with Crippen molar-refractivity contribution in [2.24, 2.45) is 0 Å². The molecular formula is C9H12O2S. The maximum atomic E-state index is 10.4. The predicted molar refractivity (Wildman–Crippen MR) is 50.9 cm³/mol. The van der Waals surface area contributed by atoms with Crippen LogP contribution in [-0.4, -0.2) is 11.1 Å². The Kier molecular flexibility index (Phi) is 3.41. The second-order valence-electron chi connectivity index (χ2n) is 2.82. The molecule has 0 fully saturated rings. The first kappa shape index (κ1) is 9.39. The summed E-state index contributed by atoms with van der Waals surface area (Å²) in [4.78, 5) is 11.7. The largest absolute Gasteiger partial charge is 0.481 e. The number of hydrogen-bond donors (Lipinski definition) is 1. The highest BCUT2D eigenvalue weighted by Gasteiger charge is 2.05. The Labute approximate surface area is 76.4 Å². The van der Waals surface area contributed by atoms with E-state index in [0.717, 1.165) is 18.4 Å². The Morgan fingerprint density at radius 3 is 3.17 bits per heavy atom. The Balaban J connectivity index is 2.52. The third-order valence-electron chi connectivity index (χ3n) is 1.69. The van der Waals surface area contributed by atoms with E-state index < -0.39 is 5.97 Å². The number of aliphatic carboxylic acids is 1. The van der Waals surface area contributed by atoms with Gasteiger partial charge in [0.05, 0.1) is 6.42 Å². The number of hydrogen-bond acceptors (Lipinski definition) is 2. The molecule has 12 heavy (non-hydrogen) atoms. The highest BCUT2D eigenvalue weighted by Crippen LogP contribution is 2.26. The number of carboxylic acids is 1. The second-order valence-corrected chi connectivity index (χ2v) is 3.93. The van der Waals surface area contributed by atoms with Crippen LogP contribution in [0.4, 0.5) is 0 Å². The van der Waals surface area contributed by atoms with Gasteiger partial charge in [0, 0.05) is 0 Å². The lowest BCUT2D eigenvalue weighted by atomic mass is 10.1. The molecule has 2 nitrogen and oxygen atoms in total. The van der Waals surface area contributed by atoms with E-state index in [4.69, 9.17) is 5.11 Å². The highest BCUT2D eigenvalue weighted by molar-refractivity contribution is 8.05. The minimum atomic E-state index is -0.735. The zero-order chi connectivity index (χ0) is 8.97. The van der Waals surface area contributed by atoms with Crippen LogP contribution in [0.2, 0.25) is 0 Å². The van der Waals surface area contributed by atoms with Crippen molar-refractivity contribution in [3.63, 3.8) is 0 Å². The quantitative estimate of drug-likeness (QED) is 0.717. The third-order valence-corrected chi connectivity index (χ3v) is 2.68. The van der Waals surface area contributed by atoms with Gasteiger partial charge in [-0.1, -0.05) is 11.6 Å². The molecule has 3 heteroatoms. The van der Waals surface area contributed by atoms with E-state index in [2.05, 4.69) is 6.08 Å². The van der Waals surface area contributed by atoms with Crippen LogP contribution in [0, 0.1) is 0 Å². The number of rotatable bonds is 2. The summed E-state index contributed by atoms with van der Waals surface area (Å²) < 4.78 is 0. The summed E-state index contributed by atoms with van der Waals surface area (Å²) in [5.74, 6) is -0.735. The Bertz CT molecular complexity index is 241. The van der Waals surface area contributed by atoms with Gasteiger partial charge in [-0.15, -0.1) is 11.8 Å². The molecule has 1 heterocycles. The molecule has 0 aromatic rings. The van der Waals surface area contributed by atoms with Gasteiger partial charge in [0.25, 0.3) is 0 Å². The summed E-state index contributed by atoms with van der Waals surface area (Å²) in [6, 6.07) is 0. The highest BCUT2D eigenvalue weighted by atomic mass is 32.2. The molecule has 0 spiro atoms. The van der Waals surface area contributed by atoms with Gasteiger partial charge >= 0.3 is 5.97 Å². The first-order valence-electron chi connectivity index (χ1n) is 3.91. The zero-order valence-electron chi connectivity index (χ0n) is 7.04. The summed E-state index contributed by atoms with van der Waals surface area (Å²) in [5.41, 5.74) is 1.03. The molecule has 0 aromatic heterocycles. The maximum Gasteiger partial charge on any atom is 0.307 e. The van der Waals surface area contributed by atoms with Crippen molar-refractivity contribution >= 4 is 17.7 Å². The van der Waals surface area contributed by atoms with Gasteiger partial charge in [-0.2, -0.15) is 0 Å². The molecule has 0 radical (unpaired) electrons. The van der Waals surface area contributed by atoms with Crippen molar-refractivity contribution in [2.75, 3.05) is 0 Å². The lowest BCUT2D eigenvalue weighted by molar-refractivity contribution is -0.136. The molecule has 0 amide bonds. The second kappa shape index (κ2) is 4.36. The van der Waals surface area contributed by atoms with Crippen molar-refractivity contribution in [3.05, 3.63) is 22.0 Å². The molecule has 0 saturated carbocycles. The van der Waals surface area contributed by atoms with Crippen molar-refractivity contribution in [2.45, 2.75) is 26.2 Å². The van der Waals surface area contributed by atoms with Gasteiger partial charge in [0.15, 0.2) is 0 Å². The average molecular weight is 184 g/mol. The summed E-state index contributed by atoms with van der Waals surface area (Å²) in [5, 5.41) is 10.5. The molecule has 0 aliphatic carbocycles. The van der Waals surface area contributed by atoms with E-state index in [0.29, 0.717) is 0 Å². The first-order chi connectivity index (χ1) is 5.68. The van der Waals surface area contributed by atoms with E-state index in [1.807, 2.05) is 12.3 Å². The van der Waals surface area contributed by atoms with E-state index in [1.165, 1.54) is 4.91 Å². The lowest BCUT2D eigenvalue weighted by Gasteiger charge is -1.98. The molecule has 1 aliphatic rings.